The number of sulfonamides is 1. The second kappa shape index (κ2) is 5.82. The molecule has 0 fully saturated rings. The normalized spacial score (nSPS) is 13.8. The first-order chi connectivity index (χ1) is 9.40. The maximum Gasteiger partial charge on any atom is 0.265 e. The lowest BCUT2D eigenvalue weighted by atomic mass is 10.1. The molecule has 0 bridgehead atoms. The average molecular weight is 301 g/mol. The Morgan fingerprint density at radius 1 is 1.10 bits per heavy atom. The number of hydrogen-bond acceptors (Lipinski definition) is 3. The van der Waals surface area contributed by atoms with E-state index in [-0.39, 0.29) is 4.90 Å². The minimum atomic E-state index is -3.92. The molecule has 0 saturated heterocycles. The fourth-order valence-electron chi connectivity index (χ4n) is 1.70. The van der Waals surface area contributed by atoms with Crippen molar-refractivity contribution in [3.05, 3.63) is 42.5 Å². The lowest BCUT2D eigenvalue weighted by Crippen LogP contribution is -2.35. The number of benzene rings is 2. The third-order valence-corrected chi connectivity index (χ3v) is 4.23. The van der Waals surface area contributed by atoms with Gasteiger partial charge in [-0.05, 0) is 22.9 Å². The van der Waals surface area contributed by atoms with Crippen LogP contribution in [0.25, 0.3) is 10.8 Å². The summed E-state index contributed by atoms with van der Waals surface area (Å²) in [6, 6.07) is 11.7. The Morgan fingerprint density at radius 2 is 1.75 bits per heavy atom. The van der Waals surface area contributed by atoms with E-state index in [9.17, 15) is 17.2 Å². The number of rotatable bonds is 5. The van der Waals surface area contributed by atoms with Crippen molar-refractivity contribution in [2.24, 2.45) is 0 Å². The molecule has 108 valence electrons. The zero-order chi connectivity index (χ0) is 14.8. The average Bonchev–Trinajstić information content (AvgIpc) is 2.44. The maximum absolute atomic E-state index is 12.1. The Labute approximate surface area is 115 Å². The SMILES string of the molecule is O=S(=O)(NCC(O)C(F)F)c1ccc2ccccc2c1. The van der Waals surface area contributed by atoms with Crippen LogP contribution in [0.1, 0.15) is 0 Å². The molecule has 0 spiro atoms. The predicted octanol–water partition coefficient (Wildman–Crippen LogP) is 1.74. The summed E-state index contributed by atoms with van der Waals surface area (Å²) in [6.45, 7) is -0.729. The van der Waals surface area contributed by atoms with Gasteiger partial charge in [0.15, 0.2) is 0 Å². The molecular formula is C13H13F2NO3S. The van der Waals surface area contributed by atoms with Crippen LogP contribution < -0.4 is 4.72 Å². The fourth-order valence-corrected chi connectivity index (χ4v) is 2.79. The quantitative estimate of drug-likeness (QED) is 0.884. The van der Waals surface area contributed by atoms with Crippen molar-refractivity contribution in [3.8, 4) is 0 Å². The van der Waals surface area contributed by atoms with Gasteiger partial charge in [0, 0.05) is 6.54 Å². The van der Waals surface area contributed by atoms with E-state index in [1.165, 1.54) is 12.1 Å². The molecule has 2 aromatic carbocycles. The van der Waals surface area contributed by atoms with Crippen molar-refractivity contribution < 1.29 is 22.3 Å². The first kappa shape index (κ1) is 14.8. The van der Waals surface area contributed by atoms with E-state index in [1.807, 2.05) is 16.9 Å². The van der Waals surface area contributed by atoms with Gasteiger partial charge in [-0.3, -0.25) is 0 Å². The summed E-state index contributed by atoms with van der Waals surface area (Å²) >= 11 is 0. The number of aliphatic hydroxyl groups excluding tert-OH is 1. The Hall–Kier alpha value is -1.57. The van der Waals surface area contributed by atoms with Crippen molar-refractivity contribution in [2.45, 2.75) is 17.4 Å². The molecule has 0 saturated carbocycles. The van der Waals surface area contributed by atoms with Crippen LogP contribution in [0.4, 0.5) is 8.78 Å². The van der Waals surface area contributed by atoms with Gasteiger partial charge in [-0.2, -0.15) is 0 Å². The van der Waals surface area contributed by atoms with E-state index < -0.39 is 29.1 Å². The zero-order valence-corrected chi connectivity index (χ0v) is 11.1. The molecule has 0 radical (unpaired) electrons. The van der Waals surface area contributed by atoms with Gasteiger partial charge in [-0.15, -0.1) is 0 Å². The maximum atomic E-state index is 12.1. The smallest absolute Gasteiger partial charge is 0.265 e. The van der Waals surface area contributed by atoms with Gasteiger partial charge in [0.2, 0.25) is 10.0 Å². The van der Waals surface area contributed by atoms with Crippen LogP contribution in [0.15, 0.2) is 47.4 Å². The molecule has 0 aromatic heterocycles. The monoisotopic (exact) mass is 301 g/mol. The summed E-state index contributed by atoms with van der Waals surface area (Å²) in [4.78, 5) is -0.0299. The van der Waals surface area contributed by atoms with Gasteiger partial charge in [-0.25, -0.2) is 21.9 Å². The molecular weight excluding hydrogens is 288 g/mol. The molecule has 0 aliphatic heterocycles. The van der Waals surface area contributed by atoms with Crippen LogP contribution in [0, 0.1) is 0 Å². The Balaban J connectivity index is 2.23. The topological polar surface area (TPSA) is 66.4 Å². The van der Waals surface area contributed by atoms with Crippen molar-refractivity contribution in [1.29, 1.82) is 0 Å². The van der Waals surface area contributed by atoms with E-state index >= 15 is 0 Å². The Bertz CT molecular complexity index is 704. The first-order valence-electron chi connectivity index (χ1n) is 5.85. The van der Waals surface area contributed by atoms with Crippen LogP contribution in [0.3, 0.4) is 0 Å². The Morgan fingerprint density at radius 3 is 2.40 bits per heavy atom. The lowest BCUT2D eigenvalue weighted by Gasteiger charge is -2.11. The number of nitrogens with one attached hydrogen (secondary N) is 1. The second-order valence-corrected chi connectivity index (χ2v) is 6.03. The number of fused-ring (bicyclic) bond motifs is 1. The number of aliphatic hydroxyl groups is 1. The van der Waals surface area contributed by atoms with Gasteiger partial charge in [0.25, 0.3) is 6.43 Å². The van der Waals surface area contributed by atoms with Crippen LogP contribution in [-0.2, 0) is 10.0 Å². The Kier molecular flexibility index (Phi) is 4.32. The second-order valence-electron chi connectivity index (χ2n) is 4.26. The molecule has 4 nitrogen and oxygen atoms in total. The largest absolute Gasteiger partial charge is 0.386 e. The minimum absolute atomic E-state index is 0.0299. The fraction of sp³-hybridized carbons (Fsp3) is 0.231. The van der Waals surface area contributed by atoms with E-state index in [1.54, 1.807) is 18.2 Å². The molecule has 0 amide bonds. The summed E-state index contributed by atoms with van der Waals surface area (Å²) in [5.41, 5.74) is 0. The molecule has 7 heteroatoms. The summed E-state index contributed by atoms with van der Waals surface area (Å²) in [6.07, 6.45) is -5.01. The molecule has 1 unspecified atom stereocenters. The van der Waals surface area contributed by atoms with Crippen LogP contribution >= 0.6 is 0 Å². The van der Waals surface area contributed by atoms with E-state index in [0.717, 1.165) is 10.8 Å². The third-order valence-electron chi connectivity index (χ3n) is 2.80. The molecule has 2 N–H and O–H groups in total. The van der Waals surface area contributed by atoms with Crippen molar-refractivity contribution in [1.82, 2.24) is 4.72 Å². The summed E-state index contributed by atoms with van der Waals surface area (Å²) in [5.74, 6) is 0. The minimum Gasteiger partial charge on any atom is -0.386 e. The molecule has 0 aliphatic rings. The van der Waals surface area contributed by atoms with Crippen LogP contribution in [0.2, 0.25) is 0 Å². The summed E-state index contributed by atoms with van der Waals surface area (Å²) < 4.78 is 50.1. The standard InChI is InChI=1S/C13H13F2NO3S/c14-13(15)12(17)8-16-20(18,19)11-6-5-9-3-1-2-4-10(9)7-11/h1-7,12-13,16-17H,8H2. The van der Waals surface area contributed by atoms with Crippen molar-refractivity contribution in [2.75, 3.05) is 6.54 Å². The zero-order valence-electron chi connectivity index (χ0n) is 10.3. The highest BCUT2D eigenvalue weighted by atomic mass is 32.2. The molecule has 20 heavy (non-hydrogen) atoms. The van der Waals surface area contributed by atoms with E-state index in [2.05, 4.69) is 0 Å². The van der Waals surface area contributed by atoms with E-state index in [0.29, 0.717) is 0 Å². The highest BCUT2D eigenvalue weighted by Gasteiger charge is 2.21. The molecule has 2 rings (SSSR count). The number of hydrogen-bond donors (Lipinski definition) is 2. The number of halogens is 2. The van der Waals surface area contributed by atoms with Crippen molar-refractivity contribution >= 4 is 20.8 Å². The molecule has 0 aliphatic carbocycles. The van der Waals surface area contributed by atoms with Crippen molar-refractivity contribution in [3.63, 3.8) is 0 Å². The van der Waals surface area contributed by atoms with E-state index in [4.69, 9.17) is 5.11 Å². The van der Waals surface area contributed by atoms with Gasteiger partial charge >= 0.3 is 0 Å². The third kappa shape index (κ3) is 3.30. The highest BCUT2D eigenvalue weighted by Crippen LogP contribution is 2.18. The predicted molar refractivity (Wildman–Crippen MR) is 71.1 cm³/mol. The first-order valence-corrected chi connectivity index (χ1v) is 7.33. The van der Waals surface area contributed by atoms with Crippen LogP contribution in [-0.4, -0.2) is 32.6 Å². The molecule has 2 aromatic rings. The van der Waals surface area contributed by atoms with Gasteiger partial charge < -0.3 is 5.11 Å². The highest BCUT2D eigenvalue weighted by molar-refractivity contribution is 7.89. The molecule has 1 atom stereocenters. The van der Waals surface area contributed by atoms with Crippen LogP contribution in [0.5, 0.6) is 0 Å². The van der Waals surface area contributed by atoms with Gasteiger partial charge in [0.1, 0.15) is 6.10 Å². The summed E-state index contributed by atoms with van der Waals surface area (Å²) in [7, 11) is -3.92. The van der Waals surface area contributed by atoms with Gasteiger partial charge in [-0.1, -0.05) is 30.3 Å². The van der Waals surface area contributed by atoms with Gasteiger partial charge in [0.05, 0.1) is 4.90 Å². The summed E-state index contributed by atoms with van der Waals surface area (Å²) in [5, 5.41) is 10.5. The lowest BCUT2D eigenvalue weighted by molar-refractivity contribution is -0.000451. The molecule has 0 heterocycles. The number of alkyl halides is 2.